The predicted octanol–water partition coefficient (Wildman–Crippen LogP) is 0.274. The summed E-state index contributed by atoms with van der Waals surface area (Å²) in [5, 5.41) is 0. The Morgan fingerprint density at radius 1 is 1.53 bits per heavy atom. The molecule has 1 fully saturated rings. The number of morpholine rings is 1. The summed E-state index contributed by atoms with van der Waals surface area (Å²) in [6.07, 6.45) is -0.316. The van der Waals surface area contributed by atoms with Crippen LogP contribution in [-0.4, -0.2) is 49.8 Å². The van der Waals surface area contributed by atoms with Crippen molar-refractivity contribution >= 4 is 5.97 Å². The Morgan fingerprint density at radius 3 is 2.80 bits per heavy atom. The van der Waals surface area contributed by atoms with E-state index in [0.717, 1.165) is 32.8 Å². The molecule has 15 heavy (non-hydrogen) atoms. The average Bonchev–Trinajstić information content (AvgIpc) is 2.18. The molecule has 4 nitrogen and oxygen atoms in total. The van der Waals surface area contributed by atoms with E-state index in [-0.39, 0.29) is 12.1 Å². The fourth-order valence-electron chi connectivity index (χ4n) is 1.34. The zero-order valence-electron chi connectivity index (χ0n) is 9.28. The minimum Gasteiger partial charge on any atom is -0.450 e. The highest BCUT2D eigenvalue weighted by molar-refractivity contribution is 5.66. The minimum atomic E-state index is -0.316. The summed E-state index contributed by atoms with van der Waals surface area (Å²) in [6.45, 7) is 7.29. The Bertz CT molecular complexity index is 261. The van der Waals surface area contributed by atoms with Crippen molar-refractivity contribution in [3.8, 4) is 11.8 Å². The van der Waals surface area contributed by atoms with Crippen LogP contribution >= 0.6 is 0 Å². The average molecular weight is 211 g/mol. The normalized spacial score (nSPS) is 18.8. The van der Waals surface area contributed by atoms with E-state index in [4.69, 9.17) is 9.47 Å². The topological polar surface area (TPSA) is 38.8 Å². The van der Waals surface area contributed by atoms with Crippen molar-refractivity contribution in [2.75, 3.05) is 32.8 Å². The fourth-order valence-corrected chi connectivity index (χ4v) is 1.34. The van der Waals surface area contributed by atoms with Gasteiger partial charge >= 0.3 is 5.97 Å². The maximum atomic E-state index is 10.6. The third-order valence-corrected chi connectivity index (χ3v) is 2.05. The third kappa shape index (κ3) is 5.40. The van der Waals surface area contributed by atoms with Gasteiger partial charge in [0.05, 0.1) is 19.8 Å². The molecule has 1 aliphatic heterocycles. The van der Waals surface area contributed by atoms with Crippen LogP contribution in [0.25, 0.3) is 0 Å². The Balaban J connectivity index is 2.22. The standard InChI is InChI=1S/C11H17NO3/c1-10(15-11(2)13)4-3-5-12-6-8-14-9-7-12/h10H,5-9H2,1-2H3/t10-/m1/s1. The van der Waals surface area contributed by atoms with E-state index in [2.05, 4.69) is 16.7 Å². The number of carbonyl (C=O) groups excluding carboxylic acids is 1. The SMILES string of the molecule is CC(=O)O[C@H](C)C#CCN1CCOCC1. The van der Waals surface area contributed by atoms with E-state index >= 15 is 0 Å². The first kappa shape index (κ1) is 12.0. The fraction of sp³-hybridized carbons (Fsp3) is 0.727. The molecule has 0 aliphatic carbocycles. The molecule has 0 unspecified atom stereocenters. The first-order valence-corrected chi connectivity index (χ1v) is 5.14. The Kier molecular flexibility index (Phi) is 5.16. The molecule has 0 aromatic rings. The second kappa shape index (κ2) is 6.44. The number of hydrogen-bond acceptors (Lipinski definition) is 4. The van der Waals surface area contributed by atoms with Gasteiger partial charge in [0.2, 0.25) is 0 Å². The lowest BCUT2D eigenvalue weighted by Gasteiger charge is -2.24. The molecule has 0 aromatic heterocycles. The molecule has 0 N–H and O–H groups in total. The van der Waals surface area contributed by atoms with Crippen molar-refractivity contribution < 1.29 is 14.3 Å². The Hall–Kier alpha value is -1.05. The van der Waals surface area contributed by atoms with Crippen LogP contribution in [0.5, 0.6) is 0 Å². The van der Waals surface area contributed by atoms with Crippen LogP contribution in [0.2, 0.25) is 0 Å². The molecule has 0 spiro atoms. The van der Waals surface area contributed by atoms with Gasteiger partial charge in [0, 0.05) is 20.0 Å². The molecule has 0 bridgehead atoms. The molecule has 1 saturated heterocycles. The van der Waals surface area contributed by atoms with Gasteiger partial charge in [0.15, 0.2) is 6.10 Å². The van der Waals surface area contributed by atoms with Crippen molar-refractivity contribution in [3.05, 3.63) is 0 Å². The highest BCUT2D eigenvalue weighted by Gasteiger charge is 2.08. The van der Waals surface area contributed by atoms with E-state index in [1.165, 1.54) is 6.92 Å². The van der Waals surface area contributed by atoms with Gasteiger partial charge < -0.3 is 9.47 Å². The van der Waals surface area contributed by atoms with Crippen molar-refractivity contribution in [1.29, 1.82) is 0 Å². The molecule has 1 heterocycles. The summed E-state index contributed by atoms with van der Waals surface area (Å²) in [6, 6.07) is 0. The summed E-state index contributed by atoms with van der Waals surface area (Å²) in [5.74, 6) is 5.60. The molecule has 0 saturated carbocycles. The molecule has 4 heteroatoms. The highest BCUT2D eigenvalue weighted by atomic mass is 16.5. The molecule has 0 radical (unpaired) electrons. The molecule has 1 aliphatic rings. The Labute approximate surface area is 90.5 Å². The maximum absolute atomic E-state index is 10.6. The quantitative estimate of drug-likeness (QED) is 0.485. The number of carbonyl (C=O) groups is 1. The van der Waals surface area contributed by atoms with Crippen LogP contribution in [0.15, 0.2) is 0 Å². The summed E-state index contributed by atoms with van der Waals surface area (Å²) >= 11 is 0. The zero-order valence-corrected chi connectivity index (χ0v) is 9.28. The van der Waals surface area contributed by atoms with E-state index in [9.17, 15) is 4.79 Å². The summed E-state index contributed by atoms with van der Waals surface area (Å²) in [5.41, 5.74) is 0. The van der Waals surface area contributed by atoms with E-state index in [0.29, 0.717) is 0 Å². The van der Waals surface area contributed by atoms with Crippen molar-refractivity contribution in [1.82, 2.24) is 4.90 Å². The van der Waals surface area contributed by atoms with Crippen molar-refractivity contribution in [2.45, 2.75) is 20.0 Å². The number of rotatable bonds is 2. The van der Waals surface area contributed by atoms with E-state index < -0.39 is 0 Å². The summed E-state index contributed by atoms with van der Waals surface area (Å²) in [7, 11) is 0. The van der Waals surface area contributed by atoms with Gasteiger partial charge in [-0.1, -0.05) is 11.8 Å². The molecular formula is C11H17NO3. The molecular weight excluding hydrogens is 194 g/mol. The summed E-state index contributed by atoms with van der Waals surface area (Å²) in [4.78, 5) is 12.8. The van der Waals surface area contributed by atoms with Crippen molar-refractivity contribution in [2.24, 2.45) is 0 Å². The number of nitrogens with zero attached hydrogens (tertiary/aromatic N) is 1. The van der Waals surface area contributed by atoms with Gasteiger partial charge in [0.1, 0.15) is 0 Å². The van der Waals surface area contributed by atoms with E-state index in [1.807, 2.05) is 0 Å². The Morgan fingerprint density at radius 2 is 2.20 bits per heavy atom. The second-order valence-corrected chi connectivity index (χ2v) is 3.46. The van der Waals surface area contributed by atoms with Gasteiger partial charge in [-0.05, 0) is 6.92 Å². The highest BCUT2D eigenvalue weighted by Crippen LogP contribution is 1.95. The van der Waals surface area contributed by atoms with Gasteiger partial charge in [0.25, 0.3) is 0 Å². The predicted molar refractivity (Wildman–Crippen MR) is 56.3 cm³/mol. The molecule has 1 atom stereocenters. The smallest absolute Gasteiger partial charge is 0.303 e. The van der Waals surface area contributed by atoms with Crippen LogP contribution < -0.4 is 0 Å². The molecule has 1 rings (SSSR count). The van der Waals surface area contributed by atoms with Gasteiger partial charge in [-0.3, -0.25) is 9.69 Å². The second-order valence-electron chi connectivity index (χ2n) is 3.46. The lowest BCUT2D eigenvalue weighted by atomic mass is 10.3. The van der Waals surface area contributed by atoms with Crippen LogP contribution in [0.3, 0.4) is 0 Å². The largest absolute Gasteiger partial charge is 0.450 e. The van der Waals surface area contributed by atoms with Crippen LogP contribution in [0.4, 0.5) is 0 Å². The summed E-state index contributed by atoms with van der Waals surface area (Å²) < 4.78 is 10.1. The number of hydrogen-bond donors (Lipinski definition) is 0. The van der Waals surface area contributed by atoms with Crippen molar-refractivity contribution in [3.63, 3.8) is 0 Å². The lowest BCUT2D eigenvalue weighted by molar-refractivity contribution is -0.143. The zero-order chi connectivity index (χ0) is 11.1. The monoisotopic (exact) mass is 211 g/mol. The number of ether oxygens (including phenoxy) is 2. The van der Waals surface area contributed by atoms with E-state index in [1.54, 1.807) is 6.92 Å². The maximum Gasteiger partial charge on any atom is 0.303 e. The van der Waals surface area contributed by atoms with Gasteiger partial charge in [-0.15, -0.1) is 0 Å². The lowest BCUT2D eigenvalue weighted by Crippen LogP contribution is -2.36. The van der Waals surface area contributed by atoms with Crippen LogP contribution in [0, 0.1) is 11.8 Å². The molecule has 0 aromatic carbocycles. The molecule has 0 amide bonds. The minimum absolute atomic E-state index is 0.289. The molecule has 84 valence electrons. The van der Waals surface area contributed by atoms with Crippen LogP contribution in [0.1, 0.15) is 13.8 Å². The van der Waals surface area contributed by atoms with Gasteiger partial charge in [-0.2, -0.15) is 0 Å². The van der Waals surface area contributed by atoms with Crippen LogP contribution in [-0.2, 0) is 14.3 Å². The van der Waals surface area contributed by atoms with Gasteiger partial charge in [-0.25, -0.2) is 0 Å². The number of esters is 1. The first-order chi connectivity index (χ1) is 7.18. The first-order valence-electron chi connectivity index (χ1n) is 5.14. The third-order valence-electron chi connectivity index (χ3n) is 2.05.